The maximum atomic E-state index is 11.5. The largest absolute Gasteiger partial charge is 0.480 e. The topological polar surface area (TPSA) is 102 Å². The Morgan fingerprint density at radius 2 is 1.86 bits per heavy atom. The predicted octanol–water partition coefficient (Wildman–Crippen LogP) is 1.10. The number of amides is 1. The standard InChI is InChI=1S/C14H25NO6/c1-5-8-20-9-11(16)15-10(13(18)19)6-7-12(17)21-14(2,3)4/h10H,5-9H2,1-4H3,(H,15,16)(H,18,19)/t10-/m1/s1. The number of carboxylic acids is 1. The van der Waals surface area contributed by atoms with Crippen LogP contribution in [0.2, 0.25) is 0 Å². The lowest BCUT2D eigenvalue weighted by molar-refractivity contribution is -0.155. The van der Waals surface area contributed by atoms with Gasteiger partial charge in [0.05, 0.1) is 0 Å². The fourth-order valence-electron chi connectivity index (χ4n) is 1.46. The van der Waals surface area contributed by atoms with E-state index in [0.717, 1.165) is 6.42 Å². The first-order valence-electron chi connectivity index (χ1n) is 6.97. The minimum atomic E-state index is -1.19. The zero-order valence-electron chi connectivity index (χ0n) is 13.1. The summed E-state index contributed by atoms with van der Waals surface area (Å²) in [7, 11) is 0. The Morgan fingerprint density at radius 3 is 2.33 bits per heavy atom. The highest BCUT2D eigenvalue weighted by atomic mass is 16.6. The normalized spacial score (nSPS) is 12.6. The van der Waals surface area contributed by atoms with Crippen molar-refractivity contribution >= 4 is 17.8 Å². The van der Waals surface area contributed by atoms with Crippen molar-refractivity contribution in [1.82, 2.24) is 5.32 Å². The molecule has 0 aliphatic carbocycles. The van der Waals surface area contributed by atoms with Gasteiger partial charge in [-0.05, 0) is 33.6 Å². The lowest BCUT2D eigenvalue weighted by atomic mass is 10.1. The minimum Gasteiger partial charge on any atom is -0.480 e. The molecule has 2 N–H and O–H groups in total. The Labute approximate surface area is 125 Å². The summed E-state index contributed by atoms with van der Waals surface area (Å²) in [4.78, 5) is 34.1. The van der Waals surface area contributed by atoms with Crippen molar-refractivity contribution in [3.05, 3.63) is 0 Å². The first-order valence-corrected chi connectivity index (χ1v) is 6.97. The average Bonchev–Trinajstić information content (AvgIpc) is 2.32. The molecule has 0 saturated carbocycles. The summed E-state index contributed by atoms with van der Waals surface area (Å²) in [6.07, 6.45) is 0.669. The minimum absolute atomic E-state index is 0.0240. The third-order valence-electron chi connectivity index (χ3n) is 2.27. The van der Waals surface area contributed by atoms with Crippen LogP contribution < -0.4 is 5.32 Å². The van der Waals surface area contributed by atoms with Crippen molar-refractivity contribution in [3.63, 3.8) is 0 Å². The molecule has 0 rings (SSSR count). The van der Waals surface area contributed by atoms with E-state index in [9.17, 15) is 14.4 Å². The summed E-state index contributed by atoms with van der Waals surface area (Å²) in [6.45, 7) is 7.33. The van der Waals surface area contributed by atoms with E-state index in [1.54, 1.807) is 20.8 Å². The second-order valence-electron chi connectivity index (χ2n) is 5.64. The maximum Gasteiger partial charge on any atom is 0.326 e. The molecule has 0 bridgehead atoms. The number of carbonyl (C=O) groups is 3. The fourth-order valence-corrected chi connectivity index (χ4v) is 1.46. The van der Waals surface area contributed by atoms with Crippen molar-refractivity contribution < 1.29 is 29.0 Å². The van der Waals surface area contributed by atoms with Gasteiger partial charge >= 0.3 is 11.9 Å². The van der Waals surface area contributed by atoms with E-state index < -0.39 is 29.5 Å². The van der Waals surface area contributed by atoms with Gasteiger partial charge in [-0.2, -0.15) is 0 Å². The van der Waals surface area contributed by atoms with Crippen LogP contribution in [0.4, 0.5) is 0 Å². The number of aliphatic carboxylic acids is 1. The smallest absolute Gasteiger partial charge is 0.326 e. The zero-order chi connectivity index (χ0) is 16.5. The average molecular weight is 303 g/mol. The number of hydrogen-bond donors (Lipinski definition) is 2. The number of nitrogens with one attached hydrogen (secondary N) is 1. The molecule has 0 fully saturated rings. The molecule has 7 heteroatoms. The van der Waals surface area contributed by atoms with Crippen LogP contribution >= 0.6 is 0 Å². The van der Waals surface area contributed by atoms with Crippen molar-refractivity contribution in [2.24, 2.45) is 0 Å². The molecule has 1 amide bonds. The molecule has 0 heterocycles. The van der Waals surface area contributed by atoms with Gasteiger partial charge in [-0.15, -0.1) is 0 Å². The van der Waals surface area contributed by atoms with Crippen molar-refractivity contribution in [2.75, 3.05) is 13.2 Å². The van der Waals surface area contributed by atoms with Crippen molar-refractivity contribution in [1.29, 1.82) is 0 Å². The molecule has 0 unspecified atom stereocenters. The van der Waals surface area contributed by atoms with E-state index in [1.165, 1.54) is 0 Å². The second-order valence-corrected chi connectivity index (χ2v) is 5.64. The molecule has 1 atom stereocenters. The van der Waals surface area contributed by atoms with Gasteiger partial charge in [0.1, 0.15) is 18.2 Å². The number of ether oxygens (including phenoxy) is 2. The molecular formula is C14H25NO6. The third-order valence-corrected chi connectivity index (χ3v) is 2.27. The number of esters is 1. The Morgan fingerprint density at radius 1 is 1.24 bits per heavy atom. The van der Waals surface area contributed by atoms with E-state index in [2.05, 4.69) is 5.32 Å². The van der Waals surface area contributed by atoms with Crippen LogP contribution in [0.1, 0.15) is 47.0 Å². The van der Waals surface area contributed by atoms with Gasteiger partial charge in [-0.3, -0.25) is 9.59 Å². The fraction of sp³-hybridized carbons (Fsp3) is 0.786. The van der Waals surface area contributed by atoms with Crippen LogP contribution in [-0.2, 0) is 23.9 Å². The molecule has 0 aliphatic rings. The molecule has 0 aliphatic heterocycles. The van der Waals surface area contributed by atoms with Crippen LogP contribution in [0.25, 0.3) is 0 Å². The second kappa shape index (κ2) is 9.33. The monoisotopic (exact) mass is 303 g/mol. The lowest BCUT2D eigenvalue weighted by Crippen LogP contribution is -2.43. The quantitative estimate of drug-likeness (QED) is 0.488. The van der Waals surface area contributed by atoms with Crippen LogP contribution in [0.15, 0.2) is 0 Å². The van der Waals surface area contributed by atoms with Gasteiger partial charge < -0.3 is 19.9 Å². The molecule has 21 heavy (non-hydrogen) atoms. The highest BCUT2D eigenvalue weighted by molar-refractivity contribution is 5.84. The highest BCUT2D eigenvalue weighted by Gasteiger charge is 2.23. The summed E-state index contributed by atoms with van der Waals surface area (Å²) in [5.41, 5.74) is -0.618. The number of rotatable bonds is 9. The van der Waals surface area contributed by atoms with E-state index in [1.807, 2.05) is 6.92 Å². The molecule has 0 saturated heterocycles. The van der Waals surface area contributed by atoms with Crippen LogP contribution in [0.3, 0.4) is 0 Å². The van der Waals surface area contributed by atoms with Gasteiger partial charge in [0, 0.05) is 13.0 Å². The zero-order valence-corrected chi connectivity index (χ0v) is 13.1. The van der Waals surface area contributed by atoms with Crippen LogP contribution in [0.5, 0.6) is 0 Å². The predicted molar refractivity (Wildman–Crippen MR) is 75.8 cm³/mol. The summed E-state index contributed by atoms with van der Waals surface area (Å²) in [5, 5.41) is 11.4. The third kappa shape index (κ3) is 10.8. The summed E-state index contributed by atoms with van der Waals surface area (Å²) < 4.78 is 10.1. The Hall–Kier alpha value is -1.63. The Balaban J connectivity index is 4.22. The number of carbonyl (C=O) groups excluding carboxylic acids is 2. The van der Waals surface area contributed by atoms with Gasteiger partial charge in [-0.1, -0.05) is 6.92 Å². The number of carboxylic acid groups (broad SMARTS) is 1. The molecule has 0 aromatic rings. The molecule has 0 radical (unpaired) electrons. The van der Waals surface area contributed by atoms with E-state index in [-0.39, 0.29) is 19.4 Å². The molecule has 7 nitrogen and oxygen atoms in total. The maximum absolute atomic E-state index is 11.5. The SMILES string of the molecule is CCCOCC(=O)N[C@H](CCC(=O)OC(C)(C)C)C(=O)O. The van der Waals surface area contributed by atoms with Gasteiger partial charge in [0.25, 0.3) is 0 Å². The molecule has 0 aromatic heterocycles. The number of hydrogen-bond acceptors (Lipinski definition) is 5. The van der Waals surface area contributed by atoms with Crippen LogP contribution in [0, 0.1) is 0 Å². The molecular weight excluding hydrogens is 278 g/mol. The van der Waals surface area contributed by atoms with E-state index in [0.29, 0.717) is 6.61 Å². The van der Waals surface area contributed by atoms with Gasteiger partial charge in [0.2, 0.25) is 5.91 Å². The van der Waals surface area contributed by atoms with Gasteiger partial charge in [0.15, 0.2) is 0 Å². The lowest BCUT2D eigenvalue weighted by Gasteiger charge is -2.20. The first-order chi connectivity index (χ1) is 9.65. The van der Waals surface area contributed by atoms with Crippen LogP contribution in [-0.4, -0.2) is 47.8 Å². The van der Waals surface area contributed by atoms with E-state index in [4.69, 9.17) is 14.6 Å². The molecule has 0 spiro atoms. The summed E-state index contributed by atoms with van der Waals surface area (Å²) in [5.74, 6) is -2.20. The Kier molecular flexibility index (Phi) is 8.61. The molecule has 0 aromatic carbocycles. The summed E-state index contributed by atoms with van der Waals surface area (Å²) >= 11 is 0. The summed E-state index contributed by atoms with van der Waals surface area (Å²) in [6, 6.07) is -1.13. The molecule has 122 valence electrons. The Bertz CT molecular complexity index is 361. The first kappa shape index (κ1) is 19.4. The van der Waals surface area contributed by atoms with Gasteiger partial charge in [-0.25, -0.2) is 4.79 Å². The highest BCUT2D eigenvalue weighted by Crippen LogP contribution is 2.10. The van der Waals surface area contributed by atoms with E-state index >= 15 is 0 Å². The van der Waals surface area contributed by atoms with Crippen molar-refractivity contribution in [3.8, 4) is 0 Å². The van der Waals surface area contributed by atoms with Crippen molar-refractivity contribution in [2.45, 2.75) is 58.6 Å².